The Morgan fingerprint density at radius 2 is 1.80 bits per heavy atom. The first-order valence-corrected chi connectivity index (χ1v) is 8.01. The van der Waals surface area contributed by atoms with Gasteiger partial charge in [-0.1, -0.05) is 18.2 Å². The van der Waals surface area contributed by atoms with Gasteiger partial charge in [-0.15, -0.1) is 0 Å². The molecule has 3 aromatic rings. The molecule has 4 rings (SSSR count). The first-order valence-electron chi connectivity index (χ1n) is 8.01. The van der Waals surface area contributed by atoms with E-state index in [-0.39, 0.29) is 11.4 Å². The van der Waals surface area contributed by atoms with E-state index in [1.54, 1.807) is 0 Å². The average molecular weight is 337 g/mol. The summed E-state index contributed by atoms with van der Waals surface area (Å²) in [6.07, 6.45) is 2.17. The van der Waals surface area contributed by atoms with Crippen molar-refractivity contribution in [1.29, 1.82) is 0 Å². The third kappa shape index (κ3) is 2.20. The first kappa shape index (κ1) is 15.3. The van der Waals surface area contributed by atoms with E-state index in [0.29, 0.717) is 17.5 Å². The fourth-order valence-corrected chi connectivity index (χ4v) is 3.89. The van der Waals surface area contributed by atoms with Crippen LogP contribution in [0.1, 0.15) is 17.5 Å². The summed E-state index contributed by atoms with van der Waals surface area (Å²) < 4.78 is 1.97. The highest BCUT2D eigenvalue weighted by molar-refractivity contribution is 5.95. The van der Waals surface area contributed by atoms with Crippen LogP contribution in [0, 0.1) is 20.2 Å². The average Bonchev–Trinajstić information content (AvgIpc) is 2.75. The molecule has 0 unspecified atom stereocenters. The highest BCUT2D eigenvalue weighted by atomic mass is 16.6. The Kier molecular flexibility index (Phi) is 3.31. The van der Waals surface area contributed by atoms with E-state index in [9.17, 15) is 20.2 Å². The Labute approximate surface area is 142 Å². The predicted octanol–water partition coefficient (Wildman–Crippen LogP) is 4.15. The second-order valence-electron chi connectivity index (χ2n) is 6.27. The van der Waals surface area contributed by atoms with Crippen molar-refractivity contribution in [3.8, 4) is 11.3 Å². The first-order chi connectivity index (χ1) is 12.0. The maximum atomic E-state index is 11.7. The number of nitro benzene ring substituents is 2. The molecule has 0 bridgehead atoms. The number of non-ortho nitro benzene ring substituents is 1. The number of aryl methyl sites for hydroxylation is 3. The summed E-state index contributed by atoms with van der Waals surface area (Å²) in [4.78, 5) is 21.8. The van der Waals surface area contributed by atoms with E-state index < -0.39 is 9.85 Å². The minimum Gasteiger partial charge on any atom is -0.343 e. The number of rotatable bonds is 2. The summed E-state index contributed by atoms with van der Waals surface area (Å²) in [6.45, 7) is 0. The lowest BCUT2D eigenvalue weighted by Gasteiger charge is -2.10. The van der Waals surface area contributed by atoms with Crippen LogP contribution in [-0.4, -0.2) is 14.4 Å². The second kappa shape index (κ2) is 5.41. The van der Waals surface area contributed by atoms with Crippen LogP contribution in [-0.2, 0) is 19.9 Å². The third-order valence-corrected chi connectivity index (χ3v) is 4.91. The molecular formula is C18H15N3O4. The number of hydrogen-bond donors (Lipinski definition) is 0. The van der Waals surface area contributed by atoms with Crippen molar-refractivity contribution in [3.05, 3.63) is 67.8 Å². The van der Waals surface area contributed by atoms with Gasteiger partial charge in [0.1, 0.15) is 0 Å². The lowest BCUT2D eigenvalue weighted by molar-refractivity contribution is -0.393. The quantitative estimate of drug-likeness (QED) is 0.519. The number of fused-ring (bicyclic) bond motifs is 5. The molecule has 7 heteroatoms. The molecule has 2 aromatic carbocycles. The maximum Gasteiger partial charge on any atom is 0.285 e. The normalized spacial score (nSPS) is 13.2. The lowest BCUT2D eigenvalue weighted by atomic mass is 9.99. The second-order valence-corrected chi connectivity index (χ2v) is 6.27. The molecule has 1 heterocycles. The van der Waals surface area contributed by atoms with Gasteiger partial charge in [-0.25, -0.2) is 0 Å². The smallest absolute Gasteiger partial charge is 0.285 e. The largest absolute Gasteiger partial charge is 0.343 e. The van der Waals surface area contributed by atoms with Gasteiger partial charge in [0.2, 0.25) is 0 Å². The van der Waals surface area contributed by atoms with Crippen LogP contribution in [0.25, 0.3) is 22.2 Å². The highest BCUT2D eigenvalue weighted by Gasteiger charge is 2.31. The van der Waals surface area contributed by atoms with Gasteiger partial charge in [-0.3, -0.25) is 20.2 Å². The highest BCUT2D eigenvalue weighted by Crippen LogP contribution is 2.44. The Hall–Kier alpha value is -3.22. The van der Waals surface area contributed by atoms with Gasteiger partial charge in [0.25, 0.3) is 11.4 Å². The van der Waals surface area contributed by atoms with Crippen molar-refractivity contribution in [2.24, 2.45) is 7.05 Å². The van der Waals surface area contributed by atoms with Gasteiger partial charge in [0.15, 0.2) is 0 Å². The molecule has 0 atom stereocenters. The zero-order valence-corrected chi connectivity index (χ0v) is 13.6. The van der Waals surface area contributed by atoms with Gasteiger partial charge in [0, 0.05) is 24.0 Å². The van der Waals surface area contributed by atoms with Crippen LogP contribution in [0.3, 0.4) is 0 Å². The van der Waals surface area contributed by atoms with Gasteiger partial charge in [-0.2, -0.15) is 0 Å². The minimum absolute atomic E-state index is 0.196. The van der Waals surface area contributed by atoms with Crippen molar-refractivity contribution in [2.75, 3.05) is 0 Å². The minimum atomic E-state index is -0.569. The number of nitro groups is 2. The molecule has 1 aliphatic rings. The molecule has 126 valence electrons. The molecule has 0 saturated heterocycles. The van der Waals surface area contributed by atoms with Crippen LogP contribution < -0.4 is 0 Å². The van der Waals surface area contributed by atoms with Crippen molar-refractivity contribution in [3.63, 3.8) is 0 Å². The summed E-state index contributed by atoms with van der Waals surface area (Å²) in [7, 11) is 1.89. The topological polar surface area (TPSA) is 91.2 Å². The molecule has 0 radical (unpaired) electrons. The Balaban J connectivity index is 2.14. The fraction of sp³-hybridized carbons (Fsp3) is 0.222. The summed E-state index contributed by atoms with van der Waals surface area (Å²) in [5, 5.41) is 23.9. The monoisotopic (exact) mass is 337 g/mol. The van der Waals surface area contributed by atoms with E-state index in [2.05, 4.69) is 0 Å². The molecule has 25 heavy (non-hydrogen) atoms. The van der Waals surface area contributed by atoms with Gasteiger partial charge in [-0.05, 0) is 36.5 Å². The molecule has 0 spiro atoms. The van der Waals surface area contributed by atoms with Gasteiger partial charge < -0.3 is 4.57 Å². The summed E-state index contributed by atoms with van der Waals surface area (Å²) in [6, 6.07) is 10.5. The molecule has 0 saturated carbocycles. The van der Waals surface area contributed by atoms with Crippen molar-refractivity contribution < 1.29 is 9.85 Å². The molecule has 1 aliphatic carbocycles. The zero-order valence-electron chi connectivity index (χ0n) is 13.6. The van der Waals surface area contributed by atoms with Crippen LogP contribution in [0.2, 0.25) is 0 Å². The van der Waals surface area contributed by atoms with Crippen LogP contribution >= 0.6 is 0 Å². The summed E-state index contributed by atoms with van der Waals surface area (Å²) in [5.74, 6) is 0. The Bertz CT molecular complexity index is 1050. The van der Waals surface area contributed by atoms with Crippen LogP contribution in [0.4, 0.5) is 11.4 Å². The summed E-state index contributed by atoms with van der Waals surface area (Å²) in [5.41, 5.74) is 3.65. The van der Waals surface area contributed by atoms with Crippen LogP contribution in [0.5, 0.6) is 0 Å². The Morgan fingerprint density at radius 1 is 1.04 bits per heavy atom. The van der Waals surface area contributed by atoms with Crippen molar-refractivity contribution >= 4 is 22.3 Å². The molecular weight excluding hydrogens is 322 g/mol. The number of benzene rings is 2. The SMILES string of the molecule is Cn1c2c(c3ccccc31)CCCc1cc([N+](=O)[O-])cc([N+](=O)[O-])c1-2. The van der Waals surface area contributed by atoms with E-state index in [1.807, 2.05) is 35.9 Å². The maximum absolute atomic E-state index is 11.7. The number of hydrogen-bond acceptors (Lipinski definition) is 4. The molecule has 1 aromatic heterocycles. The molecule has 0 aliphatic heterocycles. The molecule has 0 N–H and O–H groups in total. The van der Waals surface area contributed by atoms with Crippen molar-refractivity contribution in [2.45, 2.75) is 19.3 Å². The van der Waals surface area contributed by atoms with E-state index in [1.165, 1.54) is 6.07 Å². The van der Waals surface area contributed by atoms with E-state index in [0.717, 1.165) is 41.1 Å². The molecule has 7 nitrogen and oxygen atoms in total. The van der Waals surface area contributed by atoms with E-state index in [4.69, 9.17) is 0 Å². The fourth-order valence-electron chi connectivity index (χ4n) is 3.89. The van der Waals surface area contributed by atoms with Gasteiger partial charge >= 0.3 is 0 Å². The van der Waals surface area contributed by atoms with Gasteiger partial charge in [0.05, 0.1) is 27.2 Å². The van der Waals surface area contributed by atoms with Crippen molar-refractivity contribution in [1.82, 2.24) is 4.57 Å². The number of para-hydroxylation sites is 1. The molecule has 0 fully saturated rings. The standard InChI is InChI=1S/C18H15N3O4/c1-19-15-8-3-2-6-13(15)14-7-4-5-11-9-12(20(22)23)10-16(21(24)25)17(11)18(14)19/h2-3,6,8-10H,4-5,7H2,1H3. The summed E-state index contributed by atoms with van der Waals surface area (Å²) >= 11 is 0. The predicted molar refractivity (Wildman–Crippen MR) is 93.7 cm³/mol. The zero-order chi connectivity index (χ0) is 17.7. The third-order valence-electron chi connectivity index (χ3n) is 4.91. The van der Waals surface area contributed by atoms with Crippen LogP contribution in [0.15, 0.2) is 36.4 Å². The lowest BCUT2D eigenvalue weighted by Crippen LogP contribution is -2.02. The van der Waals surface area contributed by atoms with E-state index >= 15 is 0 Å². The number of aromatic nitrogens is 1. The molecule has 0 amide bonds. The number of nitrogens with zero attached hydrogens (tertiary/aromatic N) is 3. The Morgan fingerprint density at radius 3 is 2.52 bits per heavy atom.